The highest BCUT2D eigenvalue weighted by Crippen LogP contribution is 2.45. The topological polar surface area (TPSA) is 52.7 Å². The van der Waals surface area contributed by atoms with E-state index in [1.165, 1.54) is 17.5 Å². The fourth-order valence-electron chi connectivity index (χ4n) is 4.13. The van der Waals surface area contributed by atoms with Crippen LogP contribution in [0, 0.1) is 0 Å². The zero-order valence-electron chi connectivity index (χ0n) is 16.2. The van der Waals surface area contributed by atoms with Gasteiger partial charge in [-0.25, -0.2) is 0 Å². The van der Waals surface area contributed by atoms with Gasteiger partial charge in [0.2, 0.25) is 0 Å². The van der Waals surface area contributed by atoms with Crippen LogP contribution >= 0.6 is 23.8 Å². The van der Waals surface area contributed by atoms with Crippen LogP contribution < -0.4 is 10.2 Å². The lowest BCUT2D eigenvalue weighted by atomic mass is 9.79. The predicted molar refractivity (Wildman–Crippen MR) is 113 cm³/mol. The van der Waals surface area contributed by atoms with E-state index in [0.29, 0.717) is 16.5 Å². The number of anilines is 1. The van der Waals surface area contributed by atoms with Gasteiger partial charge in [0.25, 0.3) is 11.8 Å². The normalized spacial score (nSPS) is 23.6. The van der Waals surface area contributed by atoms with Crippen molar-refractivity contribution in [2.45, 2.75) is 45.6 Å². The third-order valence-corrected chi connectivity index (χ3v) is 6.13. The summed E-state index contributed by atoms with van der Waals surface area (Å²) >= 11 is 11.5. The zero-order chi connectivity index (χ0) is 20.1. The van der Waals surface area contributed by atoms with Crippen molar-refractivity contribution in [3.63, 3.8) is 0 Å². The molecule has 1 aromatic carbocycles. The summed E-state index contributed by atoms with van der Waals surface area (Å²) < 4.78 is 0. The number of thiocarbonyl (C=S) groups is 1. The number of carbonyl (C=O) groups is 2. The third-order valence-electron chi connectivity index (χ3n) is 5.42. The molecule has 1 saturated heterocycles. The molecule has 2 aliphatic rings. The minimum atomic E-state index is -0.499. The fourth-order valence-corrected chi connectivity index (χ4v) is 4.52. The Balaban J connectivity index is 2.10. The van der Waals surface area contributed by atoms with E-state index in [4.69, 9.17) is 23.8 Å². The van der Waals surface area contributed by atoms with E-state index in [-0.39, 0.29) is 16.2 Å². The molecule has 7 heteroatoms. The third kappa shape index (κ3) is 3.36. The number of benzene rings is 1. The average molecular weight is 406 g/mol. The van der Waals surface area contributed by atoms with Crippen molar-refractivity contribution in [1.29, 1.82) is 0 Å². The summed E-state index contributed by atoms with van der Waals surface area (Å²) in [6.45, 7) is 9.69. The first kappa shape index (κ1) is 19.8. The van der Waals surface area contributed by atoms with Crippen LogP contribution in [0.5, 0.6) is 0 Å². The maximum atomic E-state index is 12.5. The van der Waals surface area contributed by atoms with E-state index in [1.807, 2.05) is 12.1 Å². The molecule has 2 aliphatic heterocycles. The van der Waals surface area contributed by atoms with Crippen LogP contribution in [0.3, 0.4) is 0 Å². The molecule has 5 nitrogen and oxygen atoms in total. The highest BCUT2D eigenvalue weighted by Gasteiger charge is 2.36. The van der Waals surface area contributed by atoms with Gasteiger partial charge in [-0.1, -0.05) is 18.5 Å². The highest BCUT2D eigenvalue weighted by atomic mass is 35.5. The van der Waals surface area contributed by atoms with E-state index in [9.17, 15) is 9.59 Å². The van der Waals surface area contributed by atoms with E-state index < -0.39 is 11.8 Å². The number of rotatable bonds is 2. The minimum absolute atomic E-state index is 0.0316. The van der Waals surface area contributed by atoms with Gasteiger partial charge >= 0.3 is 0 Å². The largest absolute Gasteiger partial charge is 0.366 e. The van der Waals surface area contributed by atoms with Gasteiger partial charge in [-0.2, -0.15) is 0 Å². The Labute approximate surface area is 170 Å². The Hall–Kier alpha value is -1.92. The number of halogens is 1. The number of nitrogens with one attached hydrogen (secondary N) is 1. The van der Waals surface area contributed by atoms with Gasteiger partial charge < -0.3 is 4.90 Å². The van der Waals surface area contributed by atoms with Crippen LogP contribution in [0.2, 0.25) is 5.02 Å². The molecule has 3 rings (SSSR count). The van der Waals surface area contributed by atoms with E-state index in [2.05, 4.69) is 37.9 Å². The lowest BCUT2D eigenvalue weighted by molar-refractivity contribution is -0.128. The van der Waals surface area contributed by atoms with E-state index in [1.54, 1.807) is 6.08 Å². The summed E-state index contributed by atoms with van der Waals surface area (Å²) in [5.41, 5.74) is 3.04. The first-order valence-electron chi connectivity index (χ1n) is 9.03. The van der Waals surface area contributed by atoms with E-state index >= 15 is 0 Å². The Bertz CT molecular complexity index is 878. The van der Waals surface area contributed by atoms with Gasteiger partial charge in [0.15, 0.2) is 5.11 Å². The van der Waals surface area contributed by atoms with Crippen LogP contribution in [0.1, 0.15) is 51.2 Å². The maximum Gasteiger partial charge on any atom is 0.265 e. The minimum Gasteiger partial charge on any atom is -0.366 e. The highest BCUT2D eigenvalue weighted by molar-refractivity contribution is 7.80. The molecule has 1 N–H and O–H groups in total. The standard InChI is InChI=1S/C20H24ClN3O2S/c1-6-24-16-9-15(21)12(7-13(16)11(2)10-20(24,3)4)8-14-17(25)22-19(27)23(5)18(14)26/h7-9,11H,6,10H2,1-5H3,(H,22,25,27)/b14-8-. The summed E-state index contributed by atoms with van der Waals surface area (Å²) in [5.74, 6) is -0.582. The molecular weight excluding hydrogens is 382 g/mol. The molecule has 0 saturated carbocycles. The molecule has 1 unspecified atom stereocenters. The Morgan fingerprint density at radius 3 is 2.67 bits per heavy atom. The van der Waals surface area contributed by atoms with Crippen molar-refractivity contribution in [3.8, 4) is 0 Å². The number of carbonyl (C=O) groups excluding carboxylic acids is 2. The number of likely N-dealkylation sites (N-methyl/N-ethyl adjacent to an activating group) is 1. The van der Waals surface area contributed by atoms with Gasteiger partial charge in [-0.15, -0.1) is 0 Å². The molecule has 2 heterocycles. The fraction of sp³-hybridized carbons (Fsp3) is 0.450. The Kier molecular flexibility index (Phi) is 5.08. The van der Waals surface area contributed by atoms with Crippen molar-refractivity contribution in [1.82, 2.24) is 10.2 Å². The monoisotopic (exact) mass is 405 g/mol. The van der Waals surface area contributed by atoms with Crippen molar-refractivity contribution in [3.05, 3.63) is 33.9 Å². The summed E-state index contributed by atoms with van der Waals surface area (Å²) in [5, 5.41) is 3.14. The Morgan fingerprint density at radius 1 is 1.37 bits per heavy atom. The SMILES string of the molecule is CCN1c2cc(Cl)c(/C=C3/C(=O)NC(=S)N(C)C3=O)cc2C(C)CC1(C)C. The molecule has 2 amide bonds. The van der Waals surface area contributed by atoms with Crippen LogP contribution in [0.25, 0.3) is 6.08 Å². The number of hydrogen-bond acceptors (Lipinski definition) is 4. The van der Waals surface area contributed by atoms with Gasteiger partial charge in [0.05, 0.1) is 0 Å². The second-order valence-electron chi connectivity index (χ2n) is 7.78. The first-order chi connectivity index (χ1) is 12.6. The second kappa shape index (κ2) is 6.91. The van der Waals surface area contributed by atoms with Crippen molar-refractivity contribution in [2.75, 3.05) is 18.5 Å². The summed E-state index contributed by atoms with van der Waals surface area (Å²) in [4.78, 5) is 28.3. The average Bonchev–Trinajstić information content (AvgIpc) is 2.57. The molecule has 1 aromatic rings. The molecule has 27 heavy (non-hydrogen) atoms. The number of hydrogen-bond donors (Lipinski definition) is 1. The molecule has 0 aromatic heterocycles. The lowest BCUT2D eigenvalue weighted by Crippen LogP contribution is -2.52. The van der Waals surface area contributed by atoms with Crippen molar-refractivity contribution >= 4 is 52.5 Å². The number of amides is 2. The predicted octanol–water partition coefficient (Wildman–Crippen LogP) is 3.71. The molecular formula is C20H24ClN3O2S. The lowest BCUT2D eigenvalue weighted by Gasteiger charge is -2.47. The summed E-state index contributed by atoms with van der Waals surface area (Å²) in [6, 6.07) is 3.95. The second-order valence-corrected chi connectivity index (χ2v) is 8.57. The maximum absolute atomic E-state index is 12.5. The zero-order valence-corrected chi connectivity index (χ0v) is 17.8. The van der Waals surface area contributed by atoms with Crippen LogP contribution in [-0.4, -0.2) is 41.0 Å². The van der Waals surface area contributed by atoms with Gasteiger partial charge in [-0.05, 0) is 74.7 Å². The molecule has 0 spiro atoms. The first-order valence-corrected chi connectivity index (χ1v) is 9.81. The summed E-state index contributed by atoms with van der Waals surface area (Å²) in [6.07, 6.45) is 2.57. The molecule has 0 radical (unpaired) electrons. The van der Waals surface area contributed by atoms with Gasteiger partial charge in [0, 0.05) is 29.8 Å². The number of fused-ring (bicyclic) bond motifs is 1. The van der Waals surface area contributed by atoms with Crippen LogP contribution in [0.4, 0.5) is 5.69 Å². The van der Waals surface area contributed by atoms with Crippen LogP contribution in [0.15, 0.2) is 17.7 Å². The smallest absolute Gasteiger partial charge is 0.265 e. The quantitative estimate of drug-likeness (QED) is 0.463. The van der Waals surface area contributed by atoms with Gasteiger partial charge in [-0.3, -0.25) is 19.8 Å². The van der Waals surface area contributed by atoms with E-state index in [0.717, 1.165) is 18.7 Å². The molecule has 1 fully saturated rings. The Morgan fingerprint density at radius 2 is 2.04 bits per heavy atom. The van der Waals surface area contributed by atoms with Crippen LogP contribution in [-0.2, 0) is 9.59 Å². The van der Waals surface area contributed by atoms with Gasteiger partial charge in [0.1, 0.15) is 5.57 Å². The molecule has 0 aliphatic carbocycles. The molecule has 0 bridgehead atoms. The molecule has 1 atom stereocenters. The number of nitrogens with zero attached hydrogens (tertiary/aromatic N) is 2. The van der Waals surface area contributed by atoms with Crippen molar-refractivity contribution < 1.29 is 9.59 Å². The summed E-state index contributed by atoms with van der Waals surface area (Å²) in [7, 11) is 1.54. The van der Waals surface area contributed by atoms with Crippen molar-refractivity contribution in [2.24, 2.45) is 0 Å². The molecule has 144 valence electrons.